The van der Waals surface area contributed by atoms with Crippen molar-refractivity contribution in [2.24, 2.45) is 0 Å². The molecule has 51 heavy (non-hydrogen) atoms. The van der Waals surface area contributed by atoms with Crippen molar-refractivity contribution in [3.63, 3.8) is 0 Å². The van der Waals surface area contributed by atoms with Crippen molar-refractivity contribution in [3.8, 4) is 6.07 Å². The first-order valence-corrected chi connectivity index (χ1v) is 17.0. The lowest BCUT2D eigenvalue weighted by molar-refractivity contribution is 0.103. The highest BCUT2D eigenvalue weighted by Crippen LogP contribution is 2.38. The molecule has 0 bridgehead atoms. The van der Waals surface area contributed by atoms with Crippen LogP contribution in [-0.4, -0.2) is 44.1 Å². The summed E-state index contributed by atoms with van der Waals surface area (Å²) in [6.07, 6.45) is 3.62. The van der Waals surface area contributed by atoms with Gasteiger partial charge < -0.3 is 20.3 Å². The van der Waals surface area contributed by atoms with Gasteiger partial charge in [-0.05, 0) is 60.0 Å². The molecule has 14 heteroatoms. The van der Waals surface area contributed by atoms with Gasteiger partial charge in [0.2, 0.25) is 0 Å². The monoisotopic (exact) mass is 740 g/mol. The standard InChI is InChI=1S/C37H28Cl3FN8O2/c38-25-8-6-23(7-9-25)35(33-20-49(47-46-33)28-12-13-48(19-28)37(50)51-21-22-4-2-1-3-5-22)45-32-15-26(39)14-29-34(24(17-42)18-43-36(29)32)44-27-10-11-31(41)30(40)16-27/h1-11,14-16,18,20,28,35,45H,12-13,19,21H2,(H,43,44)/t28-,35?/m0/s1. The molecule has 1 saturated heterocycles. The first-order valence-electron chi connectivity index (χ1n) is 15.9. The van der Waals surface area contributed by atoms with Crippen LogP contribution in [0, 0.1) is 17.1 Å². The van der Waals surface area contributed by atoms with Gasteiger partial charge in [0.15, 0.2) is 0 Å². The summed E-state index contributed by atoms with van der Waals surface area (Å²) in [7, 11) is 0. The number of carbonyl (C=O) groups excluding carboxylic acids is 1. The topological polar surface area (TPSA) is 121 Å². The van der Waals surface area contributed by atoms with E-state index in [1.165, 1.54) is 24.4 Å². The van der Waals surface area contributed by atoms with Crippen LogP contribution in [-0.2, 0) is 11.3 Å². The number of carbonyl (C=O) groups is 1. The van der Waals surface area contributed by atoms with Crippen LogP contribution in [0.3, 0.4) is 0 Å². The molecule has 256 valence electrons. The summed E-state index contributed by atoms with van der Waals surface area (Å²) < 4.78 is 21.2. The number of likely N-dealkylation sites (tertiary alicyclic amines) is 1. The molecule has 2 atom stereocenters. The van der Waals surface area contributed by atoms with Gasteiger partial charge >= 0.3 is 6.09 Å². The van der Waals surface area contributed by atoms with E-state index in [-0.39, 0.29) is 29.3 Å². The van der Waals surface area contributed by atoms with Crippen LogP contribution in [0.15, 0.2) is 97.3 Å². The lowest BCUT2D eigenvalue weighted by Crippen LogP contribution is -2.29. The first kappa shape index (κ1) is 34.1. The highest BCUT2D eigenvalue weighted by molar-refractivity contribution is 6.32. The van der Waals surface area contributed by atoms with Crippen molar-refractivity contribution in [3.05, 3.63) is 141 Å². The lowest BCUT2D eigenvalue weighted by atomic mass is 10.0. The first-order chi connectivity index (χ1) is 24.7. The maximum Gasteiger partial charge on any atom is 0.410 e. The fourth-order valence-corrected chi connectivity index (χ4v) is 6.51. The summed E-state index contributed by atoms with van der Waals surface area (Å²) in [4.78, 5) is 19.1. The Kier molecular flexibility index (Phi) is 9.90. The van der Waals surface area contributed by atoms with Crippen LogP contribution in [0.1, 0.15) is 40.9 Å². The molecule has 2 N–H and O–H groups in total. The molecule has 1 aliphatic heterocycles. The normalized spacial score (nSPS) is 14.6. The van der Waals surface area contributed by atoms with Crippen LogP contribution >= 0.6 is 34.8 Å². The highest BCUT2D eigenvalue weighted by Gasteiger charge is 2.30. The molecule has 1 fully saturated rings. The number of aromatic nitrogens is 4. The van der Waals surface area contributed by atoms with Crippen molar-refractivity contribution < 1.29 is 13.9 Å². The van der Waals surface area contributed by atoms with E-state index in [0.29, 0.717) is 63.2 Å². The molecule has 4 aromatic carbocycles. The second-order valence-corrected chi connectivity index (χ2v) is 13.2. The van der Waals surface area contributed by atoms with E-state index in [1.807, 2.05) is 48.7 Å². The number of nitrogens with one attached hydrogen (secondary N) is 2. The average molecular weight is 742 g/mol. The second-order valence-electron chi connectivity index (χ2n) is 11.9. The number of pyridine rings is 1. The maximum atomic E-state index is 13.9. The Morgan fingerprint density at radius 3 is 2.61 bits per heavy atom. The van der Waals surface area contributed by atoms with Gasteiger partial charge in [-0.3, -0.25) is 4.98 Å². The molecule has 3 heterocycles. The fraction of sp³-hybridized carbons (Fsp3) is 0.162. The SMILES string of the molecule is N#Cc1cnc2c(NC(c3ccc(Cl)cc3)c3cn([C@H]4CCN(C(=O)OCc5ccccc5)C4)nn3)cc(Cl)cc2c1Nc1ccc(F)c(Cl)c1. The molecule has 2 aromatic heterocycles. The van der Waals surface area contributed by atoms with E-state index < -0.39 is 11.9 Å². The molecule has 10 nitrogen and oxygen atoms in total. The Morgan fingerprint density at radius 1 is 1.04 bits per heavy atom. The van der Waals surface area contributed by atoms with Gasteiger partial charge in [0.05, 0.1) is 45.8 Å². The third-order valence-electron chi connectivity index (χ3n) is 8.57. The number of benzene rings is 4. The van der Waals surface area contributed by atoms with E-state index in [2.05, 4.69) is 32.0 Å². The smallest absolute Gasteiger partial charge is 0.410 e. The van der Waals surface area contributed by atoms with E-state index >= 15 is 0 Å². The van der Waals surface area contributed by atoms with Crippen molar-refractivity contribution in [2.45, 2.75) is 25.1 Å². The zero-order chi connectivity index (χ0) is 35.5. The Labute approximate surface area is 307 Å². The van der Waals surface area contributed by atoms with Gasteiger partial charge in [-0.1, -0.05) is 82.5 Å². The summed E-state index contributed by atoms with van der Waals surface area (Å²) in [6, 6.07) is 26.1. The average Bonchev–Trinajstić information content (AvgIpc) is 3.83. The zero-order valence-corrected chi connectivity index (χ0v) is 29.0. The van der Waals surface area contributed by atoms with Gasteiger partial charge in [0.25, 0.3) is 0 Å². The molecule has 7 rings (SSSR count). The van der Waals surface area contributed by atoms with E-state index in [4.69, 9.17) is 39.5 Å². The number of nitriles is 1. The number of halogens is 4. The second kappa shape index (κ2) is 14.8. The third kappa shape index (κ3) is 7.54. The molecule has 0 saturated carbocycles. The Bertz CT molecular complexity index is 2260. The Balaban J connectivity index is 1.18. The lowest BCUT2D eigenvalue weighted by Gasteiger charge is -2.21. The predicted molar refractivity (Wildman–Crippen MR) is 195 cm³/mol. The highest BCUT2D eigenvalue weighted by atomic mass is 35.5. The summed E-state index contributed by atoms with van der Waals surface area (Å²) in [5.41, 5.74) is 4.59. The van der Waals surface area contributed by atoms with E-state index in [1.54, 1.807) is 33.8 Å². The molecule has 6 aromatic rings. The zero-order valence-electron chi connectivity index (χ0n) is 26.7. The van der Waals surface area contributed by atoms with Gasteiger partial charge in [0.1, 0.15) is 24.2 Å². The predicted octanol–water partition coefficient (Wildman–Crippen LogP) is 9.33. The molecule has 0 aliphatic carbocycles. The van der Waals surface area contributed by atoms with Crippen molar-refractivity contribution in [1.82, 2.24) is 24.9 Å². The van der Waals surface area contributed by atoms with Crippen molar-refractivity contribution in [2.75, 3.05) is 23.7 Å². The quantitative estimate of drug-likeness (QED) is 0.150. The van der Waals surface area contributed by atoms with E-state index in [0.717, 1.165) is 11.1 Å². The summed E-state index contributed by atoms with van der Waals surface area (Å²) in [6.45, 7) is 1.15. The van der Waals surface area contributed by atoms with Crippen LogP contribution in [0.4, 0.5) is 26.2 Å². The van der Waals surface area contributed by atoms with Crippen LogP contribution in [0.2, 0.25) is 15.1 Å². The molecule has 0 spiro atoms. The molecular formula is C37H28Cl3FN8O2. The van der Waals surface area contributed by atoms with Gasteiger partial charge in [-0.2, -0.15) is 5.26 Å². The minimum absolute atomic E-state index is 0.0654. The van der Waals surface area contributed by atoms with E-state index in [9.17, 15) is 14.4 Å². The molecular weight excluding hydrogens is 714 g/mol. The van der Waals surface area contributed by atoms with Crippen molar-refractivity contribution >= 4 is 68.9 Å². The number of rotatable bonds is 9. The molecule has 1 amide bonds. The Morgan fingerprint density at radius 2 is 1.84 bits per heavy atom. The van der Waals surface area contributed by atoms with Crippen LogP contribution in [0.5, 0.6) is 0 Å². The number of hydrogen-bond donors (Lipinski definition) is 2. The molecule has 1 unspecified atom stereocenters. The van der Waals surface area contributed by atoms with Crippen molar-refractivity contribution in [1.29, 1.82) is 5.26 Å². The number of anilines is 3. The third-order valence-corrected chi connectivity index (χ3v) is 9.33. The largest absolute Gasteiger partial charge is 0.445 e. The number of nitrogens with zero attached hydrogens (tertiary/aromatic N) is 6. The summed E-state index contributed by atoms with van der Waals surface area (Å²) >= 11 is 19.0. The minimum Gasteiger partial charge on any atom is -0.445 e. The van der Waals surface area contributed by atoms with Gasteiger partial charge in [-0.25, -0.2) is 13.9 Å². The number of hydrogen-bond acceptors (Lipinski definition) is 8. The fourth-order valence-electron chi connectivity index (χ4n) is 5.99. The van der Waals surface area contributed by atoms with Gasteiger partial charge in [0, 0.05) is 40.4 Å². The minimum atomic E-state index is -0.561. The summed E-state index contributed by atoms with van der Waals surface area (Å²) in [5, 5.41) is 27.1. The van der Waals surface area contributed by atoms with Gasteiger partial charge in [-0.15, -0.1) is 5.10 Å². The summed E-state index contributed by atoms with van der Waals surface area (Å²) in [5.74, 6) is -0.561. The number of ether oxygens (including phenoxy) is 1. The molecule has 1 aliphatic rings. The molecule has 0 radical (unpaired) electrons. The Hall–Kier alpha value is -5.41. The number of amides is 1. The van der Waals surface area contributed by atoms with Crippen LogP contribution in [0.25, 0.3) is 10.9 Å². The number of fused-ring (bicyclic) bond motifs is 1. The maximum absolute atomic E-state index is 13.9. The van der Waals surface area contributed by atoms with Crippen LogP contribution < -0.4 is 10.6 Å².